The zero-order valence-corrected chi connectivity index (χ0v) is 28.0. The summed E-state index contributed by atoms with van der Waals surface area (Å²) in [7, 11) is -0.885. The maximum absolute atomic E-state index is 4.87. The molecule has 0 aliphatic heterocycles. The largest absolute Gasteiger partial charge is 0.179 e. The molecule has 212 valence electrons. The first-order valence-corrected chi connectivity index (χ1v) is 21.7. The highest BCUT2D eigenvalue weighted by atomic mass is 36.0. The lowest BCUT2D eigenvalue weighted by atomic mass is 10.1. The molecule has 0 amide bonds. The lowest BCUT2D eigenvalue weighted by Crippen LogP contribution is -2.12. The topological polar surface area (TPSA) is 0 Å². The molecule has 0 spiro atoms. The Morgan fingerprint density at radius 3 is 1.14 bits per heavy atom. The molecule has 0 radical (unpaired) electrons. The third kappa shape index (κ3) is 24.0. The number of benzene rings is 1. The van der Waals surface area contributed by atoms with Crippen molar-refractivity contribution in [3.63, 3.8) is 0 Å². The van der Waals surface area contributed by atoms with Crippen LogP contribution in [-0.4, -0.2) is 18.5 Å². The number of unbranched alkanes of at least 4 members (excludes halogenated alkanes) is 15. The van der Waals surface area contributed by atoms with Crippen LogP contribution in [-0.2, 0) is 6.16 Å². The van der Waals surface area contributed by atoms with Crippen LogP contribution in [0.25, 0.3) is 0 Å². The van der Waals surface area contributed by atoms with Gasteiger partial charge in [-0.2, -0.15) is 0 Å². The third-order valence-corrected chi connectivity index (χ3v) is 12.1. The van der Waals surface area contributed by atoms with Crippen molar-refractivity contribution in [2.24, 2.45) is 0 Å². The molecular formula is C31H58Cl3P2+. The van der Waals surface area contributed by atoms with Crippen molar-refractivity contribution in [2.75, 3.05) is 18.5 Å². The van der Waals surface area contributed by atoms with Gasteiger partial charge in [-0.15, -0.1) is 0 Å². The maximum Gasteiger partial charge on any atom is 0.179 e. The van der Waals surface area contributed by atoms with Crippen LogP contribution in [0.3, 0.4) is 0 Å². The Kier molecular flexibility index (Phi) is 28.2. The van der Waals surface area contributed by atoms with Gasteiger partial charge in [-0.25, -0.2) is 0 Å². The number of hydrogen-bond acceptors (Lipinski definition) is 0. The second-order valence-electron chi connectivity index (χ2n) is 10.7. The van der Waals surface area contributed by atoms with E-state index in [0.717, 1.165) is 0 Å². The summed E-state index contributed by atoms with van der Waals surface area (Å²) in [4.78, 5) is 0. The van der Waals surface area contributed by atoms with Crippen LogP contribution in [0.5, 0.6) is 0 Å². The predicted octanol–water partition coefficient (Wildman–Crippen LogP) is 14.2. The highest BCUT2D eigenvalue weighted by Gasteiger charge is 2.35. The first-order valence-electron chi connectivity index (χ1n) is 15.2. The number of rotatable bonds is 23. The van der Waals surface area contributed by atoms with E-state index in [0.29, 0.717) is 0 Å². The predicted molar refractivity (Wildman–Crippen MR) is 176 cm³/mol. The SMILES string of the molecule is CCCCCCCC[P+](CCCCCCCC)(CCCCCCCC)Cc1ccccc1.ClP(Cl)Cl. The molecule has 0 unspecified atom stereocenters. The second kappa shape index (κ2) is 27.5. The number of hydrogen-bond donors (Lipinski definition) is 0. The van der Waals surface area contributed by atoms with Crippen LogP contribution in [0.2, 0.25) is 0 Å². The molecular weight excluding hydrogens is 541 g/mol. The lowest BCUT2D eigenvalue weighted by molar-refractivity contribution is 0.615. The van der Waals surface area contributed by atoms with E-state index in [1.807, 2.05) is 0 Å². The van der Waals surface area contributed by atoms with E-state index < -0.39 is 13.2 Å². The van der Waals surface area contributed by atoms with Crippen molar-refractivity contribution >= 4 is 47.0 Å². The van der Waals surface area contributed by atoms with Gasteiger partial charge in [0, 0.05) is 7.26 Å². The summed E-state index contributed by atoms with van der Waals surface area (Å²) >= 11 is 14.6. The Labute approximate surface area is 242 Å². The molecule has 0 heterocycles. The molecule has 1 rings (SSSR count). The maximum atomic E-state index is 4.87. The van der Waals surface area contributed by atoms with Crippen molar-refractivity contribution < 1.29 is 0 Å². The zero-order chi connectivity index (χ0) is 26.7. The van der Waals surface area contributed by atoms with Gasteiger partial charge in [0.25, 0.3) is 0 Å². The van der Waals surface area contributed by atoms with Gasteiger partial charge in [0.15, 0.2) is 5.98 Å². The smallest absolute Gasteiger partial charge is 0.0654 e. The van der Waals surface area contributed by atoms with Crippen LogP contribution in [0.1, 0.15) is 142 Å². The highest BCUT2D eigenvalue weighted by Crippen LogP contribution is 2.63. The zero-order valence-electron chi connectivity index (χ0n) is 24.0. The summed E-state index contributed by atoms with van der Waals surface area (Å²) in [6.45, 7) is 6.99. The summed E-state index contributed by atoms with van der Waals surface area (Å²) in [6.07, 6.45) is 32.2. The van der Waals surface area contributed by atoms with Crippen molar-refractivity contribution in [3.8, 4) is 0 Å². The minimum absolute atomic E-state index is 0.885. The minimum Gasteiger partial charge on any atom is -0.0654 e. The Balaban J connectivity index is 0.00000283. The average Bonchev–Trinajstić information content (AvgIpc) is 2.86. The fourth-order valence-electron chi connectivity index (χ4n) is 5.23. The first kappa shape index (κ1) is 37.0. The van der Waals surface area contributed by atoms with E-state index in [9.17, 15) is 0 Å². The van der Waals surface area contributed by atoms with Gasteiger partial charge in [-0.05, 0) is 44.1 Å². The Morgan fingerprint density at radius 1 is 0.500 bits per heavy atom. The monoisotopic (exact) mass is 597 g/mol. The second-order valence-corrected chi connectivity index (χ2v) is 20.0. The van der Waals surface area contributed by atoms with Crippen molar-refractivity contribution in [1.82, 2.24) is 0 Å². The summed E-state index contributed by atoms with van der Waals surface area (Å²) in [5.74, 6) is -1.20. The van der Waals surface area contributed by atoms with Crippen molar-refractivity contribution in [3.05, 3.63) is 35.9 Å². The Bertz CT molecular complexity index is 510. The normalized spacial score (nSPS) is 11.5. The van der Waals surface area contributed by atoms with Gasteiger partial charge < -0.3 is 0 Å². The standard InChI is InChI=1S/C31H58P.Cl3P/c1-4-7-10-13-16-22-27-32(28-23-17-14-11-8-5-2,29-24-18-15-12-9-6-3)30-31-25-20-19-21-26-31;1-4(2)3/h19-21,25-26H,4-18,22-24,27-30H2,1-3H3;/q+1;. The van der Waals surface area contributed by atoms with Gasteiger partial charge >= 0.3 is 0 Å². The van der Waals surface area contributed by atoms with E-state index in [2.05, 4.69) is 51.1 Å². The molecule has 0 aromatic heterocycles. The molecule has 0 N–H and O–H groups in total. The molecule has 1 aromatic carbocycles. The third-order valence-electron chi connectivity index (χ3n) is 7.32. The lowest BCUT2D eigenvalue weighted by Gasteiger charge is -2.28. The van der Waals surface area contributed by atoms with E-state index in [-0.39, 0.29) is 0 Å². The van der Waals surface area contributed by atoms with Crippen LogP contribution in [0, 0.1) is 0 Å². The minimum atomic E-state index is -1.20. The van der Waals surface area contributed by atoms with Gasteiger partial charge in [-0.3, -0.25) is 0 Å². The number of halogens is 3. The Morgan fingerprint density at radius 2 is 0.806 bits per heavy atom. The molecule has 0 aliphatic carbocycles. The summed E-state index contributed by atoms with van der Waals surface area (Å²) in [5, 5.41) is 0. The van der Waals surface area contributed by atoms with Crippen LogP contribution in [0.4, 0.5) is 0 Å². The van der Waals surface area contributed by atoms with Gasteiger partial charge in [0.1, 0.15) is 0 Å². The van der Waals surface area contributed by atoms with E-state index in [1.165, 1.54) is 122 Å². The average molecular weight is 599 g/mol. The molecule has 0 aliphatic rings. The van der Waals surface area contributed by atoms with E-state index >= 15 is 0 Å². The van der Waals surface area contributed by atoms with Gasteiger partial charge in [0.05, 0.1) is 24.6 Å². The Hall–Kier alpha value is 0.950. The molecule has 1 aromatic rings. The van der Waals surface area contributed by atoms with E-state index in [4.69, 9.17) is 33.7 Å². The molecule has 0 atom stereocenters. The van der Waals surface area contributed by atoms with Gasteiger partial charge in [0.2, 0.25) is 0 Å². The molecule has 36 heavy (non-hydrogen) atoms. The summed E-state index contributed by atoms with van der Waals surface area (Å²) in [6, 6.07) is 11.6. The van der Waals surface area contributed by atoms with Crippen LogP contribution < -0.4 is 0 Å². The molecule has 0 bridgehead atoms. The summed E-state index contributed by atoms with van der Waals surface area (Å²) in [5.41, 5.74) is 1.63. The molecule has 0 saturated carbocycles. The van der Waals surface area contributed by atoms with Crippen molar-refractivity contribution in [2.45, 2.75) is 143 Å². The van der Waals surface area contributed by atoms with Gasteiger partial charge in [-0.1, -0.05) is 162 Å². The fraction of sp³-hybridized carbons (Fsp3) is 0.806. The van der Waals surface area contributed by atoms with Crippen LogP contribution >= 0.6 is 47.0 Å². The van der Waals surface area contributed by atoms with Crippen molar-refractivity contribution in [1.29, 1.82) is 0 Å². The van der Waals surface area contributed by atoms with Crippen LogP contribution in [0.15, 0.2) is 30.3 Å². The highest BCUT2D eigenvalue weighted by molar-refractivity contribution is 8.20. The molecule has 0 nitrogen and oxygen atoms in total. The quantitative estimate of drug-likeness (QED) is 0.0868. The van der Waals surface area contributed by atoms with E-state index in [1.54, 1.807) is 24.0 Å². The molecule has 0 fully saturated rings. The first-order chi connectivity index (χ1) is 17.5. The fourth-order valence-corrected chi connectivity index (χ4v) is 10.0. The molecule has 0 saturated heterocycles. The molecule has 5 heteroatoms. The summed E-state index contributed by atoms with van der Waals surface area (Å²) < 4.78 is 0.